The molecule has 2 N–H and O–H groups in total. The third kappa shape index (κ3) is 3.31. The number of amides is 2. The van der Waals surface area contributed by atoms with Gasteiger partial charge >= 0.3 is 6.03 Å². The first kappa shape index (κ1) is 14.0. The molecule has 5 nitrogen and oxygen atoms in total. The van der Waals surface area contributed by atoms with Crippen molar-refractivity contribution in [3.05, 3.63) is 47.8 Å². The molecule has 2 amide bonds. The molecule has 1 atom stereocenters. The predicted octanol–water partition coefficient (Wildman–Crippen LogP) is 2.58. The van der Waals surface area contributed by atoms with Crippen molar-refractivity contribution in [1.29, 1.82) is 0 Å². The Hall–Kier alpha value is -2.44. The average Bonchev–Trinajstić information content (AvgIpc) is 2.74. The molecule has 2 aromatic rings. The van der Waals surface area contributed by atoms with Crippen molar-refractivity contribution in [2.45, 2.75) is 13.0 Å². The molecule has 2 rings (SSSR count). The monoisotopic (exact) mass is 280 g/mol. The summed E-state index contributed by atoms with van der Waals surface area (Å²) in [4.78, 5) is 11.7. The zero-order valence-corrected chi connectivity index (χ0v) is 11.0. The molecule has 1 heterocycles. The van der Waals surface area contributed by atoms with Crippen LogP contribution in [0, 0.1) is 11.6 Å². The maximum Gasteiger partial charge on any atom is 0.319 e. The van der Waals surface area contributed by atoms with Crippen LogP contribution in [0.3, 0.4) is 0 Å². The summed E-state index contributed by atoms with van der Waals surface area (Å²) >= 11 is 0. The van der Waals surface area contributed by atoms with Gasteiger partial charge in [0.15, 0.2) is 0 Å². The van der Waals surface area contributed by atoms with Crippen LogP contribution in [0.2, 0.25) is 0 Å². The smallest absolute Gasteiger partial charge is 0.319 e. The lowest BCUT2D eigenvalue weighted by molar-refractivity contribution is 0.249. The van der Waals surface area contributed by atoms with Crippen LogP contribution in [0.1, 0.15) is 18.5 Å². The number of hydrogen-bond donors (Lipinski definition) is 2. The average molecular weight is 280 g/mol. The van der Waals surface area contributed by atoms with Gasteiger partial charge in [-0.2, -0.15) is 5.10 Å². The first-order chi connectivity index (χ1) is 9.45. The summed E-state index contributed by atoms with van der Waals surface area (Å²) in [5.41, 5.74) is 0.740. The van der Waals surface area contributed by atoms with Crippen molar-refractivity contribution >= 4 is 11.7 Å². The molecule has 0 radical (unpaired) electrons. The molecule has 0 spiro atoms. The van der Waals surface area contributed by atoms with Crippen molar-refractivity contribution in [2.24, 2.45) is 7.05 Å². The Morgan fingerprint density at radius 1 is 1.40 bits per heavy atom. The fourth-order valence-electron chi connectivity index (χ4n) is 1.78. The van der Waals surface area contributed by atoms with Crippen LogP contribution in [0.15, 0.2) is 30.6 Å². The summed E-state index contributed by atoms with van der Waals surface area (Å²) in [5.74, 6) is -1.35. The highest BCUT2D eigenvalue weighted by Crippen LogP contribution is 2.17. The second kappa shape index (κ2) is 5.68. The molecule has 0 bridgehead atoms. The Kier molecular flexibility index (Phi) is 3.97. The maximum atomic E-state index is 13.6. The SMILES string of the molecule is CC(NC(=O)Nc1cnn(C)c1)c1ccc(F)cc1F. The highest BCUT2D eigenvalue weighted by molar-refractivity contribution is 5.89. The summed E-state index contributed by atoms with van der Waals surface area (Å²) < 4.78 is 27.9. The molecule has 0 aliphatic rings. The van der Waals surface area contributed by atoms with Gasteiger partial charge in [-0.1, -0.05) is 6.07 Å². The van der Waals surface area contributed by atoms with Gasteiger partial charge in [-0.3, -0.25) is 4.68 Å². The molecule has 0 saturated carbocycles. The van der Waals surface area contributed by atoms with Crippen molar-refractivity contribution < 1.29 is 13.6 Å². The van der Waals surface area contributed by atoms with Crippen molar-refractivity contribution in [3.63, 3.8) is 0 Å². The minimum absolute atomic E-state index is 0.215. The van der Waals surface area contributed by atoms with E-state index >= 15 is 0 Å². The van der Waals surface area contributed by atoms with E-state index in [4.69, 9.17) is 0 Å². The molecule has 0 aliphatic heterocycles. The van der Waals surface area contributed by atoms with Gasteiger partial charge in [-0.15, -0.1) is 0 Å². The van der Waals surface area contributed by atoms with Gasteiger partial charge in [0, 0.05) is 24.9 Å². The van der Waals surface area contributed by atoms with Gasteiger partial charge in [0.05, 0.1) is 17.9 Å². The van der Waals surface area contributed by atoms with Gasteiger partial charge in [0.25, 0.3) is 0 Å². The van der Waals surface area contributed by atoms with Crippen LogP contribution >= 0.6 is 0 Å². The van der Waals surface area contributed by atoms with Crippen LogP contribution in [0.25, 0.3) is 0 Å². The van der Waals surface area contributed by atoms with E-state index < -0.39 is 23.7 Å². The summed E-state index contributed by atoms with van der Waals surface area (Å²) in [5, 5.41) is 9.03. The summed E-state index contributed by atoms with van der Waals surface area (Å²) in [6.07, 6.45) is 3.12. The second-order valence-electron chi connectivity index (χ2n) is 4.39. The Morgan fingerprint density at radius 3 is 2.75 bits per heavy atom. The lowest BCUT2D eigenvalue weighted by atomic mass is 10.1. The van der Waals surface area contributed by atoms with Gasteiger partial charge < -0.3 is 10.6 Å². The number of anilines is 1. The molecule has 20 heavy (non-hydrogen) atoms. The van der Waals surface area contributed by atoms with E-state index in [1.807, 2.05) is 0 Å². The number of nitrogens with one attached hydrogen (secondary N) is 2. The van der Waals surface area contributed by atoms with E-state index in [9.17, 15) is 13.6 Å². The van der Waals surface area contributed by atoms with Crippen LogP contribution < -0.4 is 10.6 Å². The highest BCUT2D eigenvalue weighted by atomic mass is 19.1. The number of aromatic nitrogens is 2. The lowest BCUT2D eigenvalue weighted by Gasteiger charge is -2.15. The van der Waals surface area contributed by atoms with Crippen LogP contribution in [0.5, 0.6) is 0 Å². The third-order valence-corrected chi connectivity index (χ3v) is 2.74. The van der Waals surface area contributed by atoms with E-state index in [0.717, 1.165) is 12.1 Å². The van der Waals surface area contributed by atoms with E-state index in [1.54, 1.807) is 24.9 Å². The van der Waals surface area contributed by atoms with Crippen LogP contribution in [-0.4, -0.2) is 15.8 Å². The van der Waals surface area contributed by atoms with Gasteiger partial charge in [0.2, 0.25) is 0 Å². The number of nitrogens with zero attached hydrogens (tertiary/aromatic N) is 2. The number of aryl methyl sites for hydroxylation is 1. The lowest BCUT2D eigenvalue weighted by Crippen LogP contribution is -2.31. The third-order valence-electron chi connectivity index (χ3n) is 2.74. The molecule has 1 unspecified atom stereocenters. The Labute approximate surface area is 114 Å². The maximum absolute atomic E-state index is 13.6. The molecule has 106 valence electrons. The number of rotatable bonds is 3. The fraction of sp³-hybridized carbons (Fsp3) is 0.231. The Bertz CT molecular complexity index is 627. The molecule has 0 aliphatic carbocycles. The zero-order chi connectivity index (χ0) is 14.7. The fourth-order valence-corrected chi connectivity index (χ4v) is 1.78. The topological polar surface area (TPSA) is 59.0 Å². The number of hydrogen-bond acceptors (Lipinski definition) is 2. The number of carbonyl (C=O) groups is 1. The number of benzene rings is 1. The van der Waals surface area contributed by atoms with Crippen molar-refractivity contribution in [1.82, 2.24) is 15.1 Å². The Balaban J connectivity index is 2.00. The largest absolute Gasteiger partial charge is 0.331 e. The second-order valence-corrected chi connectivity index (χ2v) is 4.39. The first-order valence-electron chi connectivity index (χ1n) is 5.97. The predicted molar refractivity (Wildman–Crippen MR) is 70.1 cm³/mol. The van der Waals surface area contributed by atoms with E-state index in [2.05, 4.69) is 15.7 Å². The van der Waals surface area contributed by atoms with Crippen LogP contribution in [0.4, 0.5) is 19.3 Å². The molecule has 0 saturated heterocycles. The molecule has 7 heteroatoms. The quantitative estimate of drug-likeness (QED) is 0.907. The minimum Gasteiger partial charge on any atom is -0.331 e. The van der Waals surface area contributed by atoms with Gasteiger partial charge in [-0.25, -0.2) is 13.6 Å². The minimum atomic E-state index is -0.695. The molecule has 1 aromatic carbocycles. The van der Waals surface area contributed by atoms with Gasteiger partial charge in [0.1, 0.15) is 11.6 Å². The molecular formula is C13H14F2N4O. The van der Waals surface area contributed by atoms with E-state index in [-0.39, 0.29) is 5.56 Å². The number of carbonyl (C=O) groups excluding carboxylic acids is 1. The van der Waals surface area contributed by atoms with Crippen molar-refractivity contribution in [3.8, 4) is 0 Å². The standard InChI is InChI=1S/C13H14F2N4O/c1-8(11-4-3-9(14)5-12(11)15)17-13(20)18-10-6-16-19(2)7-10/h3-8H,1-2H3,(H2,17,18,20). The number of urea groups is 1. The molecular weight excluding hydrogens is 266 g/mol. The summed E-state index contributed by atoms with van der Waals surface area (Å²) in [7, 11) is 1.72. The molecule has 1 aromatic heterocycles. The zero-order valence-electron chi connectivity index (χ0n) is 11.0. The van der Waals surface area contributed by atoms with Crippen LogP contribution in [-0.2, 0) is 7.05 Å². The van der Waals surface area contributed by atoms with Gasteiger partial charge in [-0.05, 0) is 13.0 Å². The first-order valence-corrected chi connectivity index (χ1v) is 5.97. The summed E-state index contributed by atoms with van der Waals surface area (Å²) in [6.45, 7) is 1.61. The molecule has 0 fully saturated rings. The highest BCUT2D eigenvalue weighted by Gasteiger charge is 2.14. The normalized spacial score (nSPS) is 12.0. The van der Waals surface area contributed by atoms with E-state index in [0.29, 0.717) is 5.69 Å². The summed E-state index contributed by atoms with van der Waals surface area (Å²) in [6, 6.07) is 2.16. The Morgan fingerprint density at radius 2 is 2.15 bits per heavy atom. The number of halogens is 2. The van der Waals surface area contributed by atoms with E-state index in [1.165, 1.54) is 12.3 Å². The van der Waals surface area contributed by atoms with Crippen molar-refractivity contribution in [2.75, 3.05) is 5.32 Å².